The van der Waals surface area contributed by atoms with Gasteiger partial charge in [0.1, 0.15) is 5.82 Å². The minimum Gasteiger partial charge on any atom is -0.510 e. The standard InChI is InChI=1S/C56H46N4O.Pt/c1-38(2)32-39-30-31-57-54(33-39)60-50-29-26-42(56(3,4)5)34-49(50)48-28-27-45(36-53(48)60)61-44-21-14-20-43(35-44)58-37-59(52-25-13-12-24-51(52)58)55-46(40-16-8-6-9-17-40)22-15-23-47(55)41-18-10-7-11-19-41;/h6-31,33-34,38H,32H2,1-5H3;/q-2;/i6D,7D,8D,9D,10D,11D,16D,17D,18D,19D;. The maximum absolute atomic E-state index is 9.01. The number of nitrogens with zero attached hydrogens (tertiary/aromatic N) is 4. The summed E-state index contributed by atoms with van der Waals surface area (Å²) in [7, 11) is 0. The van der Waals surface area contributed by atoms with E-state index in [9.17, 15) is 0 Å². The van der Waals surface area contributed by atoms with E-state index in [1.165, 1.54) is 11.1 Å². The third-order valence-corrected chi connectivity index (χ3v) is 10.8. The van der Waals surface area contributed by atoms with Crippen LogP contribution >= 0.6 is 0 Å². The second-order valence-corrected chi connectivity index (χ2v) is 16.5. The maximum atomic E-state index is 9.01. The van der Waals surface area contributed by atoms with Gasteiger partial charge in [-0.15, -0.1) is 29.7 Å². The molecule has 10 rings (SSSR count). The van der Waals surface area contributed by atoms with Gasteiger partial charge in [0.2, 0.25) is 0 Å². The summed E-state index contributed by atoms with van der Waals surface area (Å²) < 4.78 is 99.1. The molecule has 6 heteroatoms. The molecule has 0 unspecified atom stereocenters. The molecule has 7 aromatic carbocycles. The number of ether oxygens (including phenoxy) is 1. The fourth-order valence-electron chi connectivity index (χ4n) is 7.98. The van der Waals surface area contributed by atoms with Gasteiger partial charge in [0, 0.05) is 44.3 Å². The van der Waals surface area contributed by atoms with E-state index in [1.807, 2.05) is 54.7 Å². The van der Waals surface area contributed by atoms with Crippen molar-refractivity contribution in [1.29, 1.82) is 0 Å². The summed E-state index contributed by atoms with van der Waals surface area (Å²) in [6, 6.07) is 33.9. The Hall–Kier alpha value is -6.55. The molecule has 0 saturated carbocycles. The average molecular weight is 996 g/mol. The van der Waals surface area contributed by atoms with Gasteiger partial charge in [-0.2, -0.15) is 18.2 Å². The number of aromatic nitrogens is 4. The zero-order chi connectivity index (χ0) is 50.4. The van der Waals surface area contributed by atoms with Gasteiger partial charge in [-0.25, -0.2) is 4.98 Å². The first-order valence-corrected chi connectivity index (χ1v) is 20.2. The Labute approximate surface area is 392 Å². The summed E-state index contributed by atoms with van der Waals surface area (Å²) in [6.45, 7) is 11.0. The summed E-state index contributed by atoms with van der Waals surface area (Å²) in [5.74, 6) is 2.05. The predicted octanol–water partition coefficient (Wildman–Crippen LogP) is 13.4. The number of hydrogen-bond donors (Lipinski definition) is 0. The Morgan fingerprint density at radius 3 is 2.11 bits per heavy atom. The van der Waals surface area contributed by atoms with E-state index in [-0.39, 0.29) is 54.4 Å². The molecule has 0 N–H and O–H groups in total. The summed E-state index contributed by atoms with van der Waals surface area (Å²) in [5, 5.41) is 2.07. The normalized spacial score (nSPS) is 14.0. The van der Waals surface area contributed by atoms with Crippen LogP contribution in [0, 0.1) is 24.4 Å². The summed E-state index contributed by atoms with van der Waals surface area (Å²) in [4.78, 5) is 4.85. The molecule has 3 heterocycles. The Morgan fingerprint density at radius 1 is 0.710 bits per heavy atom. The molecule has 3 aromatic heterocycles. The smallest absolute Gasteiger partial charge is 0.268 e. The fraction of sp³-hybridized carbons (Fsp3) is 0.143. The first-order chi connectivity index (χ1) is 33.8. The minimum absolute atomic E-state index is 0. The fourth-order valence-corrected chi connectivity index (χ4v) is 7.98. The molecule has 0 aliphatic carbocycles. The summed E-state index contributed by atoms with van der Waals surface area (Å²) in [6.07, 6.45) is 6.17. The quantitative estimate of drug-likeness (QED) is 0.107. The zero-order valence-corrected chi connectivity index (χ0v) is 37.0. The van der Waals surface area contributed by atoms with Gasteiger partial charge in [0.25, 0.3) is 6.33 Å². The van der Waals surface area contributed by atoms with Crippen molar-refractivity contribution in [1.82, 2.24) is 14.1 Å². The van der Waals surface area contributed by atoms with Gasteiger partial charge in [0.05, 0.1) is 30.4 Å². The van der Waals surface area contributed by atoms with Crippen LogP contribution in [-0.2, 0) is 32.9 Å². The van der Waals surface area contributed by atoms with E-state index in [0.717, 1.165) is 34.0 Å². The molecule has 62 heavy (non-hydrogen) atoms. The van der Waals surface area contributed by atoms with Gasteiger partial charge in [-0.3, -0.25) is 4.57 Å². The third-order valence-electron chi connectivity index (χ3n) is 10.8. The molecule has 0 aliphatic rings. The van der Waals surface area contributed by atoms with Crippen molar-refractivity contribution >= 4 is 32.8 Å². The van der Waals surface area contributed by atoms with E-state index in [2.05, 4.69) is 88.0 Å². The molecule has 0 atom stereocenters. The Kier molecular flexibility index (Phi) is 8.22. The number of para-hydroxylation sites is 3. The van der Waals surface area contributed by atoms with Crippen LogP contribution in [0.15, 0.2) is 170 Å². The molecule has 0 fully saturated rings. The molecule has 5 nitrogen and oxygen atoms in total. The van der Waals surface area contributed by atoms with Crippen LogP contribution in [0.2, 0.25) is 0 Å². The van der Waals surface area contributed by atoms with Crippen molar-refractivity contribution in [3.8, 4) is 50.9 Å². The van der Waals surface area contributed by atoms with Crippen LogP contribution in [0.5, 0.6) is 11.5 Å². The summed E-state index contributed by atoms with van der Waals surface area (Å²) in [5.41, 5.74) is 5.95. The van der Waals surface area contributed by atoms with Crippen LogP contribution in [0.3, 0.4) is 0 Å². The number of pyridine rings is 1. The number of benzene rings is 7. The van der Waals surface area contributed by atoms with Crippen molar-refractivity contribution in [2.45, 2.75) is 46.5 Å². The second kappa shape index (κ2) is 16.7. The van der Waals surface area contributed by atoms with Crippen LogP contribution in [0.25, 0.3) is 72.3 Å². The Morgan fingerprint density at radius 2 is 1.40 bits per heavy atom. The van der Waals surface area contributed by atoms with E-state index in [4.69, 9.17) is 23.4 Å². The number of hydrogen-bond acceptors (Lipinski definition) is 2. The van der Waals surface area contributed by atoms with Gasteiger partial charge in [-0.05, 0) is 80.4 Å². The average Bonchev–Trinajstić information content (AvgIpc) is 3.89. The molecule has 0 saturated heterocycles. The van der Waals surface area contributed by atoms with Crippen molar-refractivity contribution in [3.63, 3.8) is 0 Å². The predicted molar refractivity (Wildman–Crippen MR) is 248 cm³/mol. The van der Waals surface area contributed by atoms with Crippen LogP contribution < -0.4 is 9.30 Å². The van der Waals surface area contributed by atoms with Crippen molar-refractivity contribution < 1.29 is 44.1 Å². The molecule has 308 valence electrons. The molecule has 0 amide bonds. The Bertz CT molecular complexity index is 3680. The second-order valence-electron chi connectivity index (χ2n) is 16.5. The van der Waals surface area contributed by atoms with Gasteiger partial charge in [-0.1, -0.05) is 155 Å². The minimum atomic E-state index is -0.570. The molecular weight excluding hydrogens is 940 g/mol. The third kappa shape index (κ3) is 7.67. The van der Waals surface area contributed by atoms with E-state index in [1.54, 1.807) is 33.4 Å². The molecule has 0 aliphatic heterocycles. The number of rotatable bonds is 9. The van der Waals surface area contributed by atoms with Gasteiger partial charge < -0.3 is 13.9 Å². The maximum Gasteiger partial charge on any atom is 0.268 e. The topological polar surface area (TPSA) is 35.9 Å². The van der Waals surface area contributed by atoms with E-state index >= 15 is 0 Å². The SMILES string of the molecule is [2H]c1c([2H])c([2H])c(-c2cccc(-c3c([2H])c([2H])c([2H])c([2H])c3[2H])c2-[n+]2[c-]n(-c3[c-]c(Oc4[c-]c5c(cc4)c4cc(C(C)(C)C)ccc4n5-c4cc(CC(C)C)ccn4)ccc3)c3ccccc32)c([2H])c1[2H].[Pt]. The van der Waals surface area contributed by atoms with Crippen LogP contribution in [-0.4, -0.2) is 14.1 Å². The molecular formula is C56H46N4OPt-2. The first-order valence-electron chi connectivity index (χ1n) is 25.2. The van der Waals surface area contributed by atoms with Crippen molar-refractivity contribution in [2.75, 3.05) is 0 Å². The number of imidazole rings is 1. The van der Waals surface area contributed by atoms with Crippen molar-refractivity contribution in [2.24, 2.45) is 5.92 Å². The number of fused-ring (bicyclic) bond motifs is 4. The van der Waals surface area contributed by atoms with E-state index < -0.39 is 60.4 Å². The van der Waals surface area contributed by atoms with Crippen LogP contribution in [0.1, 0.15) is 59.5 Å². The van der Waals surface area contributed by atoms with Gasteiger partial charge in [0.15, 0.2) is 0 Å². The van der Waals surface area contributed by atoms with E-state index in [0.29, 0.717) is 34.1 Å². The molecule has 0 spiro atoms. The van der Waals surface area contributed by atoms with Gasteiger partial charge >= 0.3 is 0 Å². The molecule has 0 radical (unpaired) electrons. The molecule has 0 bridgehead atoms. The monoisotopic (exact) mass is 995 g/mol. The largest absolute Gasteiger partial charge is 0.510 e. The van der Waals surface area contributed by atoms with Crippen LogP contribution in [0.4, 0.5) is 0 Å². The molecule has 10 aromatic rings. The zero-order valence-electron chi connectivity index (χ0n) is 44.7. The summed E-state index contributed by atoms with van der Waals surface area (Å²) >= 11 is 0. The first kappa shape index (κ1) is 30.5. The Balaban J connectivity index is 0.00000640. The van der Waals surface area contributed by atoms with Crippen molar-refractivity contribution in [3.05, 3.63) is 199 Å².